The second kappa shape index (κ2) is 7.93. The third-order valence-corrected chi connectivity index (χ3v) is 4.18. The topological polar surface area (TPSA) is 85.5 Å². The van der Waals surface area contributed by atoms with Crippen LogP contribution >= 0.6 is 12.2 Å². The summed E-state index contributed by atoms with van der Waals surface area (Å²) in [7, 11) is 3.33. The van der Waals surface area contributed by atoms with Gasteiger partial charge in [0.25, 0.3) is 5.69 Å². The Balaban J connectivity index is 2.10. The van der Waals surface area contributed by atoms with E-state index in [1.807, 2.05) is 36.7 Å². The first-order valence-electron chi connectivity index (χ1n) is 7.73. The molecule has 2 rings (SSSR count). The molecule has 0 aliphatic rings. The molecule has 1 aromatic carbocycles. The maximum absolute atomic E-state index is 10.9. The molecule has 134 valence electrons. The Morgan fingerprint density at radius 3 is 2.80 bits per heavy atom. The van der Waals surface area contributed by atoms with E-state index in [2.05, 4.69) is 10.4 Å². The first-order valence-corrected chi connectivity index (χ1v) is 8.14. The highest BCUT2D eigenvalue weighted by Gasteiger charge is 2.15. The number of hydrogen-bond donors (Lipinski definition) is 1. The number of nitrogens with zero attached hydrogens (tertiary/aromatic N) is 4. The summed E-state index contributed by atoms with van der Waals surface area (Å²) in [5.74, 6) is 0.361. The molecular formula is C16H21N5O3S. The lowest BCUT2D eigenvalue weighted by Crippen LogP contribution is -2.30. The molecule has 0 unspecified atom stereocenters. The molecule has 0 saturated carbocycles. The number of hydrogen-bond acceptors (Lipinski definition) is 5. The van der Waals surface area contributed by atoms with Crippen molar-refractivity contribution >= 4 is 28.7 Å². The van der Waals surface area contributed by atoms with Gasteiger partial charge in [0.2, 0.25) is 0 Å². The molecule has 0 aliphatic carbocycles. The van der Waals surface area contributed by atoms with Crippen molar-refractivity contribution in [2.75, 3.05) is 19.5 Å². The zero-order valence-electron chi connectivity index (χ0n) is 14.6. The summed E-state index contributed by atoms with van der Waals surface area (Å²) < 4.78 is 7.10. The smallest absolute Gasteiger partial charge is 0.273 e. The summed E-state index contributed by atoms with van der Waals surface area (Å²) in [5.41, 5.74) is 2.59. The van der Waals surface area contributed by atoms with Crippen LogP contribution in [0.4, 0.5) is 11.4 Å². The molecule has 8 nitrogen and oxygen atoms in total. The summed E-state index contributed by atoms with van der Waals surface area (Å²) in [6, 6.07) is 4.35. The first kappa shape index (κ1) is 18.7. The quantitative estimate of drug-likeness (QED) is 0.480. The summed E-state index contributed by atoms with van der Waals surface area (Å²) in [6.07, 6.45) is 2.00. The Kier molecular flexibility index (Phi) is 5.92. The van der Waals surface area contributed by atoms with Gasteiger partial charge in [-0.2, -0.15) is 5.10 Å². The fourth-order valence-electron chi connectivity index (χ4n) is 2.31. The number of nitro benzene ring substituents is 1. The van der Waals surface area contributed by atoms with Crippen molar-refractivity contribution in [3.63, 3.8) is 0 Å². The minimum absolute atomic E-state index is 0.0377. The van der Waals surface area contributed by atoms with Gasteiger partial charge < -0.3 is 15.0 Å². The Hall–Kier alpha value is -2.68. The molecule has 9 heteroatoms. The molecular weight excluding hydrogens is 342 g/mol. The van der Waals surface area contributed by atoms with Gasteiger partial charge in [0, 0.05) is 38.0 Å². The van der Waals surface area contributed by atoms with E-state index in [0.717, 1.165) is 17.8 Å². The van der Waals surface area contributed by atoms with Crippen LogP contribution in [-0.2, 0) is 13.1 Å². The summed E-state index contributed by atoms with van der Waals surface area (Å²) in [5, 5.41) is 18.8. The zero-order chi connectivity index (χ0) is 18.6. The predicted molar refractivity (Wildman–Crippen MR) is 100.0 cm³/mol. The molecule has 0 aliphatic heterocycles. The average molecular weight is 363 g/mol. The second-order valence-electron chi connectivity index (χ2n) is 5.52. The van der Waals surface area contributed by atoms with Crippen LogP contribution in [0.5, 0.6) is 5.75 Å². The van der Waals surface area contributed by atoms with Gasteiger partial charge in [0.1, 0.15) is 5.75 Å². The second-order valence-corrected chi connectivity index (χ2v) is 5.91. The highest BCUT2D eigenvalue weighted by molar-refractivity contribution is 7.80. The van der Waals surface area contributed by atoms with E-state index >= 15 is 0 Å². The fourth-order valence-corrected chi connectivity index (χ4v) is 2.49. The molecule has 2 aromatic rings. The SMILES string of the molecule is CCn1cc(CN(C)C(=S)Nc2ccc([N+](=O)[O-])cc2OC)c(C)n1. The molecule has 0 saturated heterocycles. The normalized spacial score (nSPS) is 10.4. The molecule has 0 amide bonds. The van der Waals surface area contributed by atoms with Gasteiger partial charge in [-0.1, -0.05) is 0 Å². The van der Waals surface area contributed by atoms with Gasteiger partial charge in [-0.05, 0) is 32.1 Å². The molecule has 0 fully saturated rings. The van der Waals surface area contributed by atoms with Crippen molar-refractivity contribution in [2.24, 2.45) is 0 Å². The molecule has 1 heterocycles. The highest BCUT2D eigenvalue weighted by atomic mass is 32.1. The van der Waals surface area contributed by atoms with E-state index in [1.54, 1.807) is 6.07 Å². The number of benzene rings is 1. The first-order chi connectivity index (χ1) is 11.8. The number of anilines is 1. The Bertz CT molecular complexity index is 790. The standard InChI is InChI=1S/C16H21N5O3S/c1-5-20-10-12(11(2)18-20)9-19(3)16(25)17-14-7-6-13(21(22)23)8-15(14)24-4/h6-8,10H,5,9H2,1-4H3,(H,17,25). The predicted octanol–water partition coefficient (Wildman–Crippen LogP) is 2.96. The van der Waals surface area contributed by atoms with Gasteiger partial charge in [-0.3, -0.25) is 14.8 Å². The Labute approximate surface area is 151 Å². The number of nitro groups is 1. The monoisotopic (exact) mass is 363 g/mol. The van der Waals surface area contributed by atoms with Crippen molar-refractivity contribution in [3.05, 3.63) is 45.8 Å². The van der Waals surface area contributed by atoms with Crippen molar-refractivity contribution in [3.8, 4) is 5.75 Å². The molecule has 0 bridgehead atoms. The maximum atomic E-state index is 10.9. The third-order valence-electron chi connectivity index (χ3n) is 3.76. The summed E-state index contributed by atoms with van der Waals surface area (Å²) in [4.78, 5) is 12.3. The van der Waals surface area contributed by atoms with Gasteiger partial charge in [-0.25, -0.2) is 0 Å². The van der Waals surface area contributed by atoms with Crippen LogP contribution in [0.15, 0.2) is 24.4 Å². The van der Waals surface area contributed by atoms with Crippen LogP contribution < -0.4 is 10.1 Å². The van der Waals surface area contributed by atoms with E-state index in [-0.39, 0.29) is 5.69 Å². The van der Waals surface area contributed by atoms with Crippen LogP contribution in [0.1, 0.15) is 18.2 Å². The largest absolute Gasteiger partial charge is 0.494 e. The number of aromatic nitrogens is 2. The lowest BCUT2D eigenvalue weighted by molar-refractivity contribution is -0.384. The maximum Gasteiger partial charge on any atom is 0.273 e. The van der Waals surface area contributed by atoms with E-state index in [4.69, 9.17) is 17.0 Å². The number of nitrogens with one attached hydrogen (secondary N) is 1. The van der Waals surface area contributed by atoms with Crippen molar-refractivity contribution in [2.45, 2.75) is 26.9 Å². The average Bonchev–Trinajstić information content (AvgIpc) is 2.94. The third kappa shape index (κ3) is 4.44. The lowest BCUT2D eigenvalue weighted by atomic mass is 10.2. The number of thiocarbonyl (C=S) groups is 1. The zero-order valence-corrected chi connectivity index (χ0v) is 15.5. The number of aryl methyl sites for hydroxylation is 2. The van der Waals surface area contributed by atoms with Gasteiger partial charge in [-0.15, -0.1) is 0 Å². The Morgan fingerprint density at radius 2 is 2.24 bits per heavy atom. The van der Waals surface area contributed by atoms with Gasteiger partial charge in [0.15, 0.2) is 5.11 Å². The van der Waals surface area contributed by atoms with Crippen LogP contribution in [0.3, 0.4) is 0 Å². The van der Waals surface area contributed by atoms with Crippen molar-refractivity contribution < 1.29 is 9.66 Å². The van der Waals surface area contributed by atoms with Crippen LogP contribution in [-0.4, -0.2) is 38.9 Å². The molecule has 1 aromatic heterocycles. The van der Waals surface area contributed by atoms with Crippen molar-refractivity contribution in [1.29, 1.82) is 0 Å². The number of ether oxygens (including phenoxy) is 1. The van der Waals surface area contributed by atoms with E-state index in [1.165, 1.54) is 19.2 Å². The molecule has 0 radical (unpaired) electrons. The van der Waals surface area contributed by atoms with Crippen LogP contribution in [0.25, 0.3) is 0 Å². The molecule has 25 heavy (non-hydrogen) atoms. The van der Waals surface area contributed by atoms with Crippen molar-refractivity contribution in [1.82, 2.24) is 14.7 Å². The number of rotatable bonds is 6. The fraction of sp³-hybridized carbons (Fsp3) is 0.375. The van der Waals surface area contributed by atoms with E-state index < -0.39 is 4.92 Å². The minimum Gasteiger partial charge on any atom is -0.494 e. The van der Waals surface area contributed by atoms with Crippen LogP contribution in [0.2, 0.25) is 0 Å². The summed E-state index contributed by atoms with van der Waals surface area (Å²) >= 11 is 5.43. The highest BCUT2D eigenvalue weighted by Crippen LogP contribution is 2.29. The molecule has 1 N–H and O–H groups in total. The van der Waals surface area contributed by atoms with Crippen LogP contribution in [0, 0.1) is 17.0 Å². The lowest BCUT2D eigenvalue weighted by Gasteiger charge is -2.21. The van der Waals surface area contributed by atoms with E-state index in [9.17, 15) is 10.1 Å². The van der Waals surface area contributed by atoms with Gasteiger partial charge >= 0.3 is 0 Å². The number of non-ortho nitro benzene ring substituents is 1. The minimum atomic E-state index is -0.467. The Morgan fingerprint density at radius 1 is 1.52 bits per heavy atom. The number of methoxy groups -OCH3 is 1. The molecule has 0 spiro atoms. The van der Waals surface area contributed by atoms with Gasteiger partial charge in [0.05, 0.1) is 29.5 Å². The summed E-state index contributed by atoms with van der Waals surface area (Å²) in [6.45, 7) is 5.42. The molecule has 0 atom stereocenters. The van der Waals surface area contributed by atoms with E-state index in [0.29, 0.717) is 23.1 Å².